The zero-order valence-corrected chi connectivity index (χ0v) is 24.1. The number of fused-ring (bicyclic) bond motifs is 1. The molecule has 3 heterocycles. The standard InChI is InChI=1S/C23H20FN3O.C12H9ClFN/c24-21-5-2-18(3-6-21)20-10-17(12-26-14-20)13-27-15-22-7-4-19-9-16(11-25)1-8-23(19)28-22;13-6-9-5-11(8-15-7-9)10-1-3-12(14)4-2-10/h1-3,5-6,8-10,12,14,22,27H,4,7,13,15H2;1-5,7-8H,6H2. The summed E-state index contributed by atoms with van der Waals surface area (Å²) in [4.78, 5) is 8.38. The normalized spacial score (nSPS) is 13.6. The fourth-order valence-corrected chi connectivity index (χ4v) is 4.93. The van der Waals surface area contributed by atoms with Gasteiger partial charge in [0.25, 0.3) is 0 Å². The van der Waals surface area contributed by atoms with Crippen LogP contribution in [0.3, 0.4) is 0 Å². The molecule has 6 rings (SSSR count). The molecule has 0 spiro atoms. The van der Waals surface area contributed by atoms with Crippen LogP contribution in [0.1, 0.15) is 28.7 Å². The van der Waals surface area contributed by atoms with Crippen LogP contribution in [0.15, 0.2) is 104 Å². The number of rotatable bonds is 7. The molecule has 5 nitrogen and oxygen atoms in total. The van der Waals surface area contributed by atoms with Gasteiger partial charge in [-0.05, 0) is 95.3 Å². The lowest BCUT2D eigenvalue weighted by atomic mass is 10.00. The minimum Gasteiger partial charge on any atom is -0.489 e. The summed E-state index contributed by atoms with van der Waals surface area (Å²) in [7, 11) is 0. The molecule has 0 radical (unpaired) electrons. The Hall–Kier alpha value is -4.64. The summed E-state index contributed by atoms with van der Waals surface area (Å²) < 4.78 is 31.9. The minimum atomic E-state index is -0.243. The van der Waals surface area contributed by atoms with E-state index in [0.717, 1.165) is 64.1 Å². The Kier molecular flexibility index (Phi) is 10.1. The number of hydrogen-bond donors (Lipinski definition) is 1. The molecule has 216 valence electrons. The van der Waals surface area contributed by atoms with Crippen LogP contribution in [0.5, 0.6) is 5.75 Å². The van der Waals surface area contributed by atoms with Gasteiger partial charge in [-0.2, -0.15) is 5.26 Å². The number of ether oxygens (including phenoxy) is 1. The molecule has 0 bridgehead atoms. The Morgan fingerprint density at radius 2 is 1.40 bits per heavy atom. The van der Waals surface area contributed by atoms with Crippen LogP contribution in [0.2, 0.25) is 0 Å². The zero-order chi connectivity index (χ0) is 30.0. The molecule has 3 aromatic carbocycles. The first kappa shape index (κ1) is 29.8. The van der Waals surface area contributed by atoms with E-state index in [9.17, 15) is 8.78 Å². The van der Waals surface area contributed by atoms with Gasteiger partial charge >= 0.3 is 0 Å². The fraction of sp³-hybridized carbons (Fsp3) is 0.171. The molecule has 1 N–H and O–H groups in total. The third kappa shape index (κ3) is 8.23. The van der Waals surface area contributed by atoms with E-state index in [1.165, 1.54) is 24.3 Å². The molecule has 0 saturated carbocycles. The lowest BCUT2D eigenvalue weighted by molar-refractivity contribution is 0.170. The van der Waals surface area contributed by atoms with Crippen molar-refractivity contribution in [2.75, 3.05) is 6.54 Å². The summed E-state index contributed by atoms with van der Waals surface area (Å²) >= 11 is 5.71. The summed E-state index contributed by atoms with van der Waals surface area (Å²) in [6.45, 7) is 1.42. The lowest BCUT2D eigenvalue weighted by Crippen LogP contribution is -2.34. The molecular formula is C35H29ClF2N4O. The second kappa shape index (κ2) is 14.5. The molecule has 1 aliphatic heterocycles. The van der Waals surface area contributed by atoms with E-state index in [1.54, 1.807) is 48.9 Å². The SMILES string of the molecule is Fc1ccc(-c2cncc(CCl)c2)cc1.N#Cc1ccc2c(c1)CCC(CNCc1cncc(-c3ccc(F)cc3)c1)O2. The number of benzene rings is 3. The predicted octanol–water partition coefficient (Wildman–Crippen LogP) is 7.87. The molecular weight excluding hydrogens is 566 g/mol. The van der Waals surface area contributed by atoms with Crippen LogP contribution in [0, 0.1) is 23.0 Å². The fourth-order valence-electron chi connectivity index (χ4n) is 4.78. The molecule has 1 aliphatic rings. The van der Waals surface area contributed by atoms with Crippen LogP contribution < -0.4 is 10.1 Å². The topological polar surface area (TPSA) is 70.8 Å². The average molecular weight is 595 g/mol. The van der Waals surface area contributed by atoms with Crippen LogP contribution >= 0.6 is 11.6 Å². The van der Waals surface area contributed by atoms with Gasteiger partial charge in [-0.15, -0.1) is 11.6 Å². The van der Waals surface area contributed by atoms with Gasteiger partial charge in [-0.3, -0.25) is 9.97 Å². The Morgan fingerprint density at radius 3 is 2.00 bits per heavy atom. The van der Waals surface area contributed by atoms with E-state index in [1.807, 2.05) is 24.4 Å². The molecule has 5 aromatic rings. The number of alkyl halides is 1. The molecule has 0 amide bonds. The zero-order valence-electron chi connectivity index (χ0n) is 23.3. The largest absolute Gasteiger partial charge is 0.489 e. The van der Waals surface area contributed by atoms with Crippen LogP contribution in [0.25, 0.3) is 22.3 Å². The third-order valence-electron chi connectivity index (χ3n) is 7.02. The van der Waals surface area contributed by atoms with E-state index >= 15 is 0 Å². The highest BCUT2D eigenvalue weighted by atomic mass is 35.5. The molecule has 1 unspecified atom stereocenters. The van der Waals surface area contributed by atoms with Crippen LogP contribution in [-0.4, -0.2) is 22.6 Å². The third-order valence-corrected chi connectivity index (χ3v) is 7.33. The summed E-state index contributed by atoms with van der Waals surface area (Å²) in [5, 5.41) is 12.4. The maximum absolute atomic E-state index is 13.1. The first-order valence-corrected chi connectivity index (χ1v) is 14.4. The monoisotopic (exact) mass is 594 g/mol. The molecule has 8 heteroatoms. The van der Waals surface area contributed by atoms with Gasteiger partial charge in [-0.25, -0.2) is 8.78 Å². The second-order valence-electron chi connectivity index (χ2n) is 10.2. The number of pyridine rings is 2. The highest BCUT2D eigenvalue weighted by molar-refractivity contribution is 6.17. The van der Waals surface area contributed by atoms with Gasteiger partial charge in [-0.1, -0.05) is 24.3 Å². The Balaban J connectivity index is 0.000000207. The number of hydrogen-bond acceptors (Lipinski definition) is 5. The molecule has 1 atom stereocenters. The Labute approximate surface area is 254 Å². The van der Waals surface area contributed by atoms with Crippen molar-refractivity contribution >= 4 is 11.6 Å². The van der Waals surface area contributed by atoms with E-state index in [4.69, 9.17) is 21.6 Å². The van der Waals surface area contributed by atoms with E-state index in [2.05, 4.69) is 27.4 Å². The molecule has 0 aliphatic carbocycles. The van der Waals surface area contributed by atoms with Crippen molar-refractivity contribution in [3.05, 3.63) is 138 Å². The first-order valence-electron chi connectivity index (χ1n) is 13.9. The molecule has 43 heavy (non-hydrogen) atoms. The second-order valence-corrected chi connectivity index (χ2v) is 10.4. The maximum Gasteiger partial charge on any atom is 0.123 e. The van der Waals surface area contributed by atoms with Crippen molar-refractivity contribution in [3.63, 3.8) is 0 Å². The van der Waals surface area contributed by atoms with Gasteiger partial charge < -0.3 is 10.1 Å². The van der Waals surface area contributed by atoms with Gasteiger partial charge in [0.15, 0.2) is 0 Å². The maximum atomic E-state index is 13.1. The first-order chi connectivity index (χ1) is 21.0. The minimum absolute atomic E-state index is 0.105. The van der Waals surface area contributed by atoms with Crippen molar-refractivity contribution in [1.82, 2.24) is 15.3 Å². The number of nitrogens with one attached hydrogen (secondary N) is 1. The van der Waals surface area contributed by atoms with Crippen molar-refractivity contribution in [2.45, 2.75) is 31.4 Å². The summed E-state index contributed by atoms with van der Waals surface area (Å²) in [6, 6.07) is 24.5. The summed E-state index contributed by atoms with van der Waals surface area (Å²) in [5.74, 6) is 0.826. The molecule has 0 fully saturated rings. The van der Waals surface area contributed by atoms with Crippen molar-refractivity contribution < 1.29 is 13.5 Å². The highest BCUT2D eigenvalue weighted by Crippen LogP contribution is 2.28. The molecule has 2 aromatic heterocycles. The lowest BCUT2D eigenvalue weighted by Gasteiger charge is -2.26. The van der Waals surface area contributed by atoms with Crippen molar-refractivity contribution in [2.24, 2.45) is 0 Å². The Bertz CT molecular complexity index is 1710. The number of nitriles is 1. The summed E-state index contributed by atoms with van der Waals surface area (Å²) in [5.41, 5.74) is 7.60. The van der Waals surface area contributed by atoms with Gasteiger partial charge in [0, 0.05) is 54.9 Å². The number of aryl methyl sites for hydroxylation is 1. The van der Waals surface area contributed by atoms with E-state index in [0.29, 0.717) is 18.0 Å². The molecule has 0 saturated heterocycles. The van der Waals surface area contributed by atoms with Gasteiger partial charge in [0.2, 0.25) is 0 Å². The number of nitrogens with zero attached hydrogens (tertiary/aromatic N) is 3. The van der Waals surface area contributed by atoms with Crippen molar-refractivity contribution in [3.8, 4) is 34.1 Å². The van der Waals surface area contributed by atoms with Gasteiger partial charge in [0.05, 0.1) is 11.6 Å². The van der Waals surface area contributed by atoms with Gasteiger partial charge in [0.1, 0.15) is 23.5 Å². The highest BCUT2D eigenvalue weighted by Gasteiger charge is 2.19. The van der Waals surface area contributed by atoms with Crippen LogP contribution in [-0.2, 0) is 18.8 Å². The quantitative estimate of drug-likeness (QED) is 0.194. The van der Waals surface area contributed by atoms with Crippen LogP contribution in [0.4, 0.5) is 8.78 Å². The van der Waals surface area contributed by atoms with E-state index in [-0.39, 0.29) is 17.7 Å². The van der Waals surface area contributed by atoms with Crippen molar-refractivity contribution in [1.29, 1.82) is 5.26 Å². The Morgan fingerprint density at radius 1 is 0.791 bits per heavy atom. The summed E-state index contributed by atoms with van der Waals surface area (Å²) in [6.07, 6.45) is 9.02. The smallest absolute Gasteiger partial charge is 0.123 e. The predicted molar refractivity (Wildman–Crippen MR) is 164 cm³/mol. The number of halogens is 3. The number of aromatic nitrogens is 2. The average Bonchev–Trinajstić information content (AvgIpc) is 3.05. The van der Waals surface area contributed by atoms with E-state index < -0.39 is 0 Å².